The highest BCUT2D eigenvalue weighted by Gasteiger charge is 2.47. The quantitative estimate of drug-likeness (QED) is 0.767. The van der Waals surface area contributed by atoms with E-state index < -0.39 is 0 Å². The second-order valence-electron chi connectivity index (χ2n) is 5.14. The van der Waals surface area contributed by atoms with Gasteiger partial charge in [0.05, 0.1) is 12.1 Å². The maximum atomic E-state index is 12.3. The van der Waals surface area contributed by atoms with Crippen molar-refractivity contribution in [1.29, 1.82) is 0 Å². The summed E-state index contributed by atoms with van der Waals surface area (Å²) in [6.07, 6.45) is 3.50. The zero-order valence-electron chi connectivity index (χ0n) is 9.78. The molecule has 0 spiro atoms. The Balaban J connectivity index is 1.81. The van der Waals surface area contributed by atoms with Crippen molar-refractivity contribution in [3.05, 3.63) is 28.8 Å². The summed E-state index contributed by atoms with van der Waals surface area (Å²) in [6, 6.07) is 5.30. The summed E-state index contributed by atoms with van der Waals surface area (Å²) >= 11 is 5.95. The molecule has 3 heteroatoms. The van der Waals surface area contributed by atoms with Crippen molar-refractivity contribution in [2.75, 3.05) is 7.11 Å². The molecule has 2 aliphatic rings. The van der Waals surface area contributed by atoms with E-state index in [4.69, 9.17) is 16.3 Å². The third kappa shape index (κ3) is 1.95. The molecule has 0 aliphatic heterocycles. The molecule has 0 N–H and O–H groups in total. The van der Waals surface area contributed by atoms with Gasteiger partial charge in [-0.3, -0.25) is 4.79 Å². The van der Waals surface area contributed by atoms with Crippen LogP contribution in [0.2, 0.25) is 5.02 Å². The first kappa shape index (κ1) is 11.1. The van der Waals surface area contributed by atoms with Gasteiger partial charge in [0, 0.05) is 11.5 Å². The fourth-order valence-corrected chi connectivity index (χ4v) is 3.17. The highest BCUT2D eigenvalue weighted by molar-refractivity contribution is 6.32. The van der Waals surface area contributed by atoms with Crippen molar-refractivity contribution in [2.45, 2.75) is 19.3 Å². The van der Waals surface area contributed by atoms with E-state index in [9.17, 15) is 4.79 Å². The largest absolute Gasteiger partial charge is 0.495 e. The first-order chi connectivity index (χ1) is 8.19. The monoisotopic (exact) mass is 250 g/mol. The highest BCUT2D eigenvalue weighted by Crippen LogP contribution is 2.55. The number of Topliss-reactive ketones (excluding diaryl/α,β-unsaturated/α-hetero) is 1. The van der Waals surface area contributed by atoms with E-state index in [1.165, 1.54) is 6.42 Å². The molecule has 2 nitrogen and oxygen atoms in total. The first-order valence-corrected chi connectivity index (χ1v) is 6.44. The van der Waals surface area contributed by atoms with Gasteiger partial charge in [-0.2, -0.15) is 0 Å². The lowest BCUT2D eigenvalue weighted by Gasteiger charge is -2.11. The number of benzene rings is 1. The van der Waals surface area contributed by atoms with Crippen LogP contribution in [-0.2, 0) is 0 Å². The summed E-state index contributed by atoms with van der Waals surface area (Å²) in [5.74, 6) is 2.73. The fourth-order valence-electron chi connectivity index (χ4n) is 2.98. The third-order valence-electron chi connectivity index (χ3n) is 4.05. The maximum Gasteiger partial charge on any atom is 0.166 e. The molecule has 17 heavy (non-hydrogen) atoms. The molecule has 2 atom stereocenters. The van der Waals surface area contributed by atoms with E-state index in [1.54, 1.807) is 25.3 Å². The van der Waals surface area contributed by atoms with Crippen molar-refractivity contribution >= 4 is 17.4 Å². The number of halogens is 1. The predicted octanol–water partition coefficient (Wildman–Crippen LogP) is 3.58. The molecule has 2 fully saturated rings. The predicted molar refractivity (Wildman–Crippen MR) is 66.7 cm³/mol. The second-order valence-corrected chi connectivity index (χ2v) is 5.54. The molecule has 2 aliphatic carbocycles. The summed E-state index contributed by atoms with van der Waals surface area (Å²) in [6.45, 7) is 0. The van der Waals surface area contributed by atoms with Crippen molar-refractivity contribution in [1.82, 2.24) is 0 Å². The number of ether oxygens (including phenoxy) is 1. The fraction of sp³-hybridized carbons (Fsp3) is 0.500. The van der Waals surface area contributed by atoms with Crippen molar-refractivity contribution in [2.24, 2.45) is 17.8 Å². The summed E-state index contributed by atoms with van der Waals surface area (Å²) in [4.78, 5) is 12.3. The van der Waals surface area contributed by atoms with Crippen LogP contribution in [0.3, 0.4) is 0 Å². The van der Waals surface area contributed by atoms with Crippen molar-refractivity contribution in [3.63, 3.8) is 0 Å². The van der Waals surface area contributed by atoms with Gasteiger partial charge in [0.25, 0.3) is 0 Å². The number of carbonyl (C=O) groups is 1. The van der Waals surface area contributed by atoms with Gasteiger partial charge >= 0.3 is 0 Å². The van der Waals surface area contributed by atoms with E-state index >= 15 is 0 Å². The number of carbonyl (C=O) groups excluding carboxylic acids is 1. The van der Waals surface area contributed by atoms with Gasteiger partial charge in [-0.15, -0.1) is 0 Å². The minimum Gasteiger partial charge on any atom is -0.495 e. The lowest BCUT2D eigenvalue weighted by atomic mass is 9.93. The van der Waals surface area contributed by atoms with Crippen LogP contribution in [0.1, 0.15) is 29.6 Å². The summed E-state index contributed by atoms with van der Waals surface area (Å²) in [5, 5.41) is 0.554. The lowest BCUT2D eigenvalue weighted by Crippen LogP contribution is -2.13. The van der Waals surface area contributed by atoms with Crippen LogP contribution in [0, 0.1) is 17.8 Å². The first-order valence-electron chi connectivity index (χ1n) is 6.07. The Hall–Kier alpha value is -1.02. The van der Waals surface area contributed by atoms with Crippen LogP contribution in [0.5, 0.6) is 5.75 Å². The number of hydrogen-bond donors (Lipinski definition) is 0. The Morgan fingerprint density at radius 3 is 2.65 bits per heavy atom. The van der Waals surface area contributed by atoms with Gasteiger partial charge in [0.2, 0.25) is 0 Å². The molecule has 2 saturated carbocycles. The van der Waals surface area contributed by atoms with Crippen LogP contribution < -0.4 is 4.74 Å². The molecular formula is C14H15ClO2. The Morgan fingerprint density at radius 1 is 1.29 bits per heavy atom. The Kier molecular flexibility index (Phi) is 2.62. The molecule has 90 valence electrons. The topological polar surface area (TPSA) is 26.3 Å². The van der Waals surface area contributed by atoms with Gasteiger partial charge in [-0.05, 0) is 49.3 Å². The average molecular weight is 251 g/mol. The van der Waals surface area contributed by atoms with Crippen molar-refractivity contribution < 1.29 is 9.53 Å². The molecule has 3 rings (SSSR count). The molecular weight excluding hydrogens is 236 g/mol. The molecule has 0 radical (unpaired) electrons. The Bertz CT molecular complexity index is 459. The van der Waals surface area contributed by atoms with E-state index in [2.05, 4.69) is 0 Å². The highest BCUT2D eigenvalue weighted by atomic mass is 35.5. The molecule has 1 aromatic rings. The van der Waals surface area contributed by atoms with Gasteiger partial charge in [-0.1, -0.05) is 11.6 Å². The Labute approximate surface area is 106 Å². The summed E-state index contributed by atoms with van der Waals surface area (Å²) in [5.41, 5.74) is 0.734. The number of rotatable bonds is 3. The zero-order chi connectivity index (χ0) is 12.0. The molecule has 1 aromatic carbocycles. The van der Waals surface area contributed by atoms with Crippen LogP contribution in [0.15, 0.2) is 18.2 Å². The van der Waals surface area contributed by atoms with Crippen LogP contribution in [0.25, 0.3) is 0 Å². The molecule has 0 saturated heterocycles. The summed E-state index contributed by atoms with van der Waals surface area (Å²) in [7, 11) is 1.57. The maximum absolute atomic E-state index is 12.3. The van der Waals surface area contributed by atoms with Gasteiger partial charge in [0.15, 0.2) is 5.78 Å². The lowest BCUT2D eigenvalue weighted by molar-refractivity contribution is 0.0914. The molecule has 0 heterocycles. The SMILES string of the molecule is COc1cc(C(=O)C2CC3CC3C2)ccc1Cl. The molecule has 0 amide bonds. The summed E-state index contributed by atoms with van der Waals surface area (Å²) < 4.78 is 5.14. The van der Waals surface area contributed by atoms with E-state index in [0.29, 0.717) is 10.8 Å². The number of ketones is 1. The minimum atomic E-state index is 0.227. The van der Waals surface area contributed by atoms with Gasteiger partial charge < -0.3 is 4.74 Å². The molecule has 0 bridgehead atoms. The van der Waals surface area contributed by atoms with Crippen LogP contribution in [-0.4, -0.2) is 12.9 Å². The van der Waals surface area contributed by atoms with Crippen LogP contribution in [0.4, 0.5) is 0 Å². The second kappa shape index (κ2) is 4.02. The average Bonchev–Trinajstić information content (AvgIpc) is 2.96. The standard InChI is InChI=1S/C14H15ClO2/c1-17-13-7-8(2-3-12(13)15)14(16)11-5-9-4-10(9)6-11/h2-3,7,9-11H,4-6H2,1H3. The van der Waals surface area contributed by atoms with E-state index in [1.807, 2.05) is 0 Å². The number of hydrogen-bond acceptors (Lipinski definition) is 2. The molecule has 2 unspecified atom stereocenters. The smallest absolute Gasteiger partial charge is 0.166 e. The number of fused-ring (bicyclic) bond motifs is 1. The normalized spacial score (nSPS) is 29.9. The Morgan fingerprint density at radius 2 is 2.00 bits per heavy atom. The van der Waals surface area contributed by atoms with E-state index in [-0.39, 0.29) is 11.7 Å². The zero-order valence-corrected chi connectivity index (χ0v) is 10.5. The number of methoxy groups -OCH3 is 1. The van der Waals surface area contributed by atoms with Gasteiger partial charge in [0.1, 0.15) is 5.75 Å². The van der Waals surface area contributed by atoms with Crippen molar-refractivity contribution in [3.8, 4) is 5.75 Å². The molecule has 0 aromatic heterocycles. The van der Waals surface area contributed by atoms with E-state index in [0.717, 1.165) is 30.2 Å². The minimum absolute atomic E-state index is 0.227. The van der Waals surface area contributed by atoms with Gasteiger partial charge in [-0.25, -0.2) is 0 Å². The van der Waals surface area contributed by atoms with Crippen LogP contribution >= 0.6 is 11.6 Å². The third-order valence-corrected chi connectivity index (χ3v) is 4.36.